The second-order valence-corrected chi connectivity index (χ2v) is 1.54. The first kappa shape index (κ1) is 4.37. The molecule has 0 saturated carbocycles. The average molecular weight is 98.1 g/mol. The monoisotopic (exact) mass is 98.0 g/mol. The van der Waals surface area contributed by atoms with Crippen molar-refractivity contribution in [2.24, 2.45) is 0 Å². The fraction of sp³-hybridized carbons (Fsp3) is 0.400. The maximum absolute atomic E-state index is 9.77. The number of hydrogen-bond donors (Lipinski definition) is 0. The van der Waals surface area contributed by atoms with Crippen LogP contribution in [-0.2, 0) is 9.53 Å². The van der Waals surface area contributed by atoms with Crippen LogP contribution < -0.4 is 0 Å². The Kier molecular flexibility index (Phi) is 0.855. The van der Waals surface area contributed by atoms with E-state index in [4.69, 9.17) is 4.74 Å². The summed E-state index contributed by atoms with van der Waals surface area (Å²) in [5.74, 6) is 0.720. The molecule has 0 N–H and O–H groups in total. The van der Waals surface area contributed by atoms with Crippen molar-refractivity contribution in [3.8, 4) is 0 Å². The summed E-state index contributed by atoms with van der Waals surface area (Å²) in [7, 11) is 0. The number of hydrogen-bond acceptors (Lipinski definition) is 2. The molecule has 1 aliphatic heterocycles. The number of ether oxygens (including phenoxy) is 1. The van der Waals surface area contributed by atoms with Gasteiger partial charge in [0, 0.05) is 6.42 Å². The summed E-state index contributed by atoms with van der Waals surface area (Å²) < 4.78 is 4.73. The van der Waals surface area contributed by atoms with Crippen molar-refractivity contribution < 1.29 is 9.53 Å². The third kappa shape index (κ3) is 0.633. The van der Waals surface area contributed by atoms with Crippen molar-refractivity contribution >= 4 is 6.29 Å². The summed E-state index contributed by atoms with van der Waals surface area (Å²) in [6, 6.07) is 0. The highest BCUT2D eigenvalue weighted by molar-refractivity contribution is 5.58. The van der Waals surface area contributed by atoms with E-state index in [0.29, 0.717) is 6.42 Å². The second-order valence-electron chi connectivity index (χ2n) is 1.54. The number of aldehydes is 1. The molecule has 0 aromatic heterocycles. The predicted molar refractivity (Wildman–Crippen MR) is 24.7 cm³/mol. The van der Waals surface area contributed by atoms with Gasteiger partial charge in [-0.2, -0.15) is 0 Å². The van der Waals surface area contributed by atoms with E-state index < -0.39 is 0 Å². The maximum atomic E-state index is 9.77. The van der Waals surface area contributed by atoms with Gasteiger partial charge in [-0.1, -0.05) is 6.58 Å². The fourth-order valence-corrected chi connectivity index (χ4v) is 0.505. The van der Waals surface area contributed by atoms with Crippen molar-refractivity contribution in [3.63, 3.8) is 0 Å². The van der Waals surface area contributed by atoms with Gasteiger partial charge in [-0.25, -0.2) is 0 Å². The molecule has 1 rings (SSSR count). The van der Waals surface area contributed by atoms with Gasteiger partial charge in [0.2, 0.25) is 0 Å². The Balaban J connectivity index is 2.29. The summed E-state index contributed by atoms with van der Waals surface area (Å²) in [4.78, 5) is 9.77. The molecule has 1 saturated heterocycles. The third-order valence-electron chi connectivity index (χ3n) is 0.899. The van der Waals surface area contributed by atoms with E-state index in [2.05, 4.69) is 6.58 Å². The van der Waals surface area contributed by atoms with Gasteiger partial charge in [-0.15, -0.1) is 0 Å². The van der Waals surface area contributed by atoms with Gasteiger partial charge in [0.05, 0.1) is 5.76 Å². The standard InChI is InChI=1S/C5H6O2/c1-4-2-5(3-6)7-4/h3,5H,1-2H2. The van der Waals surface area contributed by atoms with Gasteiger partial charge in [0.1, 0.15) is 0 Å². The summed E-state index contributed by atoms with van der Waals surface area (Å²) in [6.07, 6.45) is 1.31. The van der Waals surface area contributed by atoms with Crippen molar-refractivity contribution in [2.75, 3.05) is 0 Å². The topological polar surface area (TPSA) is 26.3 Å². The normalized spacial score (nSPS) is 28.0. The lowest BCUT2D eigenvalue weighted by Crippen LogP contribution is -2.24. The van der Waals surface area contributed by atoms with E-state index in [0.717, 1.165) is 12.0 Å². The zero-order valence-electron chi connectivity index (χ0n) is 3.89. The lowest BCUT2D eigenvalue weighted by molar-refractivity contribution is -0.121. The summed E-state index contributed by atoms with van der Waals surface area (Å²) >= 11 is 0. The molecule has 0 bridgehead atoms. The molecular weight excluding hydrogens is 92.1 g/mol. The highest BCUT2D eigenvalue weighted by Gasteiger charge is 2.21. The van der Waals surface area contributed by atoms with Crippen LogP contribution in [0.5, 0.6) is 0 Å². The van der Waals surface area contributed by atoms with Crippen molar-refractivity contribution in [3.05, 3.63) is 12.3 Å². The van der Waals surface area contributed by atoms with Gasteiger partial charge in [0.25, 0.3) is 0 Å². The van der Waals surface area contributed by atoms with Crippen molar-refractivity contribution in [1.29, 1.82) is 0 Å². The molecule has 1 atom stereocenters. The molecule has 7 heavy (non-hydrogen) atoms. The van der Waals surface area contributed by atoms with Crippen LogP contribution in [0, 0.1) is 0 Å². The lowest BCUT2D eigenvalue weighted by atomic mass is 10.2. The second kappa shape index (κ2) is 1.37. The molecule has 0 aliphatic carbocycles. The molecule has 0 amide bonds. The lowest BCUT2D eigenvalue weighted by Gasteiger charge is -2.24. The highest BCUT2D eigenvalue weighted by Crippen LogP contribution is 2.19. The minimum absolute atomic E-state index is 0.188. The zero-order chi connectivity index (χ0) is 5.28. The fourth-order valence-electron chi connectivity index (χ4n) is 0.505. The highest BCUT2D eigenvalue weighted by atomic mass is 16.5. The molecule has 1 unspecified atom stereocenters. The van der Waals surface area contributed by atoms with Gasteiger partial charge in [-0.3, -0.25) is 4.79 Å². The largest absolute Gasteiger partial charge is 0.487 e. The van der Waals surface area contributed by atoms with Crippen LogP contribution in [0.4, 0.5) is 0 Å². The minimum atomic E-state index is -0.188. The Labute approximate surface area is 41.8 Å². The molecular formula is C5H6O2. The molecule has 0 aromatic rings. The molecule has 0 spiro atoms. The first-order chi connectivity index (χ1) is 3.33. The van der Waals surface area contributed by atoms with E-state index in [-0.39, 0.29) is 6.10 Å². The molecule has 2 nitrogen and oxygen atoms in total. The minimum Gasteiger partial charge on any atom is -0.487 e. The predicted octanol–water partition coefficient (Wildman–Crippen LogP) is 0.488. The van der Waals surface area contributed by atoms with Crippen LogP contribution in [-0.4, -0.2) is 12.4 Å². The third-order valence-corrected chi connectivity index (χ3v) is 0.899. The Bertz CT molecular complexity index is 98.6. The number of rotatable bonds is 1. The van der Waals surface area contributed by atoms with Gasteiger partial charge in [-0.05, 0) is 0 Å². The number of carbonyl (C=O) groups excluding carboxylic acids is 1. The molecule has 2 heteroatoms. The van der Waals surface area contributed by atoms with Crippen LogP contribution in [0.1, 0.15) is 6.42 Å². The summed E-state index contributed by atoms with van der Waals surface area (Å²) in [5, 5.41) is 0. The van der Waals surface area contributed by atoms with Crippen LogP contribution in [0.25, 0.3) is 0 Å². The summed E-state index contributed by atoms with van der Waals surface area (Å²) in [6.45, 7) is 3.48. The smallest absolute Gasteiger partial charge is 0.160 e. The van der Waals surface area contributed by atoms with Crippen LogP contribution in [0.3, 0.4) is 0 Å². The van der Waals surface area contributed by atoms with Crippen LogP contribution >= 0.6 is 0 Å². The molecule has 1 heterocycles. The van der Waals surface area contributed by atoms with Gasteiger partial charge in [0.15, 0.2) is 12.4 Å². The molecule has 0 radical (unpaired) electrons. The molecule has 38 valence electrons. The van der Waals surface area contributed by atoms with E-state index in [1.807, 2.05) is 0 Å². The maximum Gasteiger partial charge on any atom is 0.160 e. The van der Waals surface area contributed by atoms with Gasteiger partial charge >= 0.3 is 0 Å². The van der Waals surface area contributed by atoms with Crippen LogP contribution in [0.15, 0.2) is 12.3 Å². The Morgan fingerprint density at radius 3 is 2.71 bits per heavy atom. The molecule has 1 aliphatic rings. The van der Waals surface area contributed by atoms with E-state index in [1.165, 1.54) is 0 Å². The van der Waals surface area contributed by atoms with Crippen molar-refractivity contribution in [2.45, 2.75) is 12.5 Å². The number of carbonyl (C=O) groups is 1. The van der Waals surface area contributed by atoms with Crippen molar-refractivity contribution in [1.82, 2.24) is 0 Å². The first-order valence-electron chi connectivity index (χ1n) is 2.12. The Morgan fingerprint density at radius 2 is 2.57 bits per heavy atom. The zero-order valence-corrected chi connectivity index (χ0v) is 3.89. The van der Waals surface area contributed by atoms with E-state index >= 15 is 0 Å². The molecule has 1 fully saturated rings. The van der Waals surface area contributed by atoms with E-state index in [9.17, 15) is 4.79 Å². The van der Waals surface area contributed by atoms with E-state index in [1.54, 1.807) is 0 Å². The molecule has 0 aromatic carbocycles. The summed E-state index contributed by atoms with van der Waals surface area (Å²) in [5.41, 5.74) is 0. The SMILES string of the molecule is C=C1CC(C=O)O1. The van der Waals surface area contributed by atoms with Gasteiger partial charge < -0.3 is 4.74 Å². The first-order valence-corrected chi connectivity index (χ1v) is 2.12. The average Bonchev–Trinajstić information content (AvgIpc) is 1.58. The van der Waals surface area contributed by atoms with Crippen LogP contribution in [0.2, 0.25) is 0 Å². The Hall–Kier alpha value is -0.790. The Morgan fingerprint density at radius 1 is 2.00 bits per heavy atom. The quantitative estimate of drug-likeness (QED) is 0.446.